The molecule has 0 unspecified atom stereocenters. The van der Waals surface area contributed by atoms with E-state index in [4.69, 9.17) is 5.11 Å². The summed E-state index contributed by atoms with van der Waals surface area (Å²) >= 11 is 0. The summed E-state index contributed by atoms with van der Waals surface area (Å²) in [6.45, 7) is -0.121. The quantitative estimate of drug-likeness (QED) is 0.814. The lowest BCUT2D eigenvalue weighted by Gasteiger charge is -2.25. The van der Waals surface area contributed by atoms with E-state index in [1.54, 1.807) is 0 Å². The average molecular weight is 352 g/mol. The molecule has 1 aromatic rings. The van der Waals surface area contributed by atoms with Crippen LogP contribution in [0.25, 0.3) is 0 Å². The van der Waals surface area contributed by atoms with Gasteiger partial charge in [-0.3, -0.25) is 9.59 Å². The smallest absolute Gasteiger partial charge is 0.329 e. The minimum Gasteiger partial charge on any atom is -0.480 e. The number of hydrogen-bond acceptors (Lipinski definition) is 3. The van der Waals surface area contributed by atoms with E-state index < -0.39 is 35.1 Å². The number of rotatable bonds is 6. The molecule has 0 spiro atoms. The van der Waals surface area contributed by atoms with Gasteiger partial charge in [0.2, 0.25) is 11.8 Å². The number of nitrogens with zero attached hydrogens (tertiary/aromatic N) is 1. The molecule has 2 fully saturated rings. The van der Waals surface area contributed by atoms with Gasteiger partial charge < -0.3 is 15.3 Å². The molecule has 2 N–H and O–H groups in total. The van der Waals surface area contributed by atoms with Crippen LogP contribution in [0.5, 0.6) is 0 Å². The fourth-order valence-corrected chi connectivity index (χ4v) is 3.13. The second-order valence-electron chi connectivity index (χ2n) is 6.57. The van der Waals surface area contributed by atoms with E-state index in [2.05, 4.69) is 5.32 Å². The minimum atomic E-state index is -1.18. The summed E-state index contributed by atoms with van der Waals surface area (Å²) in [4.78, 5) is 36.7. The number of carbonyl (C=O) groups excluding carboxylic acids is 2. The van der Waals surface area contributed by atoms with Crippen molar-refractivity contribution in [1.82, 2.24) is 10.2 Å². The lowest BCUT2D eigenvalue weighted by Crippen LogP contribution is -2.45. The van der Waals surface area contributed by atoms with Crippen molar-refractivity contribution in [3.8, 4) is 0 Å². The van der Waals surface area contributed by atoms with Crippen LogP contribution in [0.4, 0.5) is 8.78 Å². The van der Waals surface area contributed by atoms with Crippen LogP contribution in [0.15, 0.2) is 18.2 Å². The summed E-state index contributed by atoms with van der Waals surface area (Å²) in [6, 6.07) is 3.29. The van der Waals surface area contributed by atoms with Gasteiger partial charge in [-0.05, 0) is 25.3 Å². The molecule has 1 aromatic carbocycles. The highest BCUT2D eigenvalue weighted by molar-refractivity contribution is 5.90. The largest absolute Gasteiger partial charge is 0.480 e. The molecule has 134 valence electrons. The molecule has 1 atom stereocenters. The predicted molar refractivity (Wildman–Crippen MR) is 82.3 cm³/mol. The molecule has 2 aliphatic rings. The summed E-state index contributed by atoms with van der Waals surface area (Å²) in [6.07, 6.45) is 1.35. The first-order chi connectivity index (χ1) is 11.8. The molecule has 3 rings (SSSR count). The number of carboxylic acids is 1. The molecule has 1 aliphatic heterocycles. The summed E-state index contributed by atoms with van der Waals surface area (Å²) in [7, 11) is 0. The average Bonchev–Trinajstić information content (AvgIpc) is 3.26. The molecule has 0 radical (unpaired) electrons. The topological polar surface area (TPSA) is 86.7 Å². The molecule has 8 heteroatoms. The number of amides is 2. The van der Waals surface area contributed by atoms with E-state index in [0.717, 1.165) is 6.07 Å². The third-order valence-corrected chi connectivity index (χ3v) is 4.78. The van der Waals surface area contributed by atoms with Crippen molar-refractivity contribution in [2.45, 2.75) is 50.2 Å². The zero-order valence-corrected chi connectivity index (χ0v) is 13.4. The second-order valence-corrected chi connectivity index (χ2v) is 6.57. The van der Waals surface area contributed by atoms with Crippen LogP contribution in [0.3, 0.4) is 0 Å². The lowest BCUT2D eigenvalue weighted by molar-refractivity contribution is -0.143. The fourth-order valence-electron chi connectivity index (χ4n) is 3.13. The highest BCUT2D eigenvalue weighted by Gasteiger charge is 2.51. The van der Waals surface area contributed by atoms with E-state index >= 15 is 0 Å². The van der Waals surface area contributed by atoms with Crippen LogP contribution in [0, 0.1) is 11.6 Å². The fraction of sp³-hybridized carbons (Fsp3) is 0.471. The van der Waals surface area contributed by atoms with Gasteiger partial charge in [-0.1, -0.05) is 12.1 Å². The zero-order chi connectivity index (χ0) is 18.2. The molecular weight excluding hydrogens is 334 g/mol. The Balaban J connectivity index is 1.66. The normalized spacial score (nSPS) is 21.3. The van der Waals surface area contributed by atoms with Gasteiger partial charge in [0.15, 0.2) is 11.6 Å². The van der Waals surface area contributed by atoms with Crippen LogP contribution in [0.1, 0.15) is 37.7 Å². The van der Waals surface area contributed by atoms with Gasteiger partial charge in [0.1, 0.15) is 5.54 Å². The monoisotopic (exact) mass is 352 g/mol. The van der Waals surface area contributed by atoms with Gasteiger partial charge in [0.25, 0.3) is 0 Å². The Morgan fingerprint density at radius 2 is 2.04 bits per heavy atom. The first-order valence-electron chi connectivity index (χ1n) is 8.09. The van der Waals surface area contributed by atoms with Crippen LogP contribution in [-0.2, 0) is 20.9 Å². The molecule has 1 aliphatic carbocycles. The van der Waals surface area contributed by atoms with E-state index in [1.165, 1.54) is 17.0 Å². The summed E-state index contributed by atoms with van der Waals surface area (Å²) in [5, 5.41) is 11.6. The number of halogens is 2. The summed E-state index contributed by atoms with van der Waals surface area (Å²) in [5.41, 5.74) is -1.14. The maximum atomic E-state index is 13.8. The second kappa shape index (κ2) is 6.42. The lowest BCUT2D eigenvalue weighted by atomic mass is 10.1. The summed E-state index contributed by atoms with van der Waals surface area (Å²) < 4.78 is 27.2. The molecule has 1 saturated carbocycles. The number of aliphatic carboxylic acids is 1. The van der Waals surface area contributed by atoms with Crippen LogP contribution >= 0.6 is 0 Å². The van der Waals surface area contributed by atoms with Crippen LogP contribution in [-0.4, -0.2) is 39.4 Å². The number of hydrogen-bond donors (Lipinski definition) is 2. The Kier molecular flexibility index (Phi) is 4.45. The summed E-state index contributed by atoms with van der Waals surface area (Å²) in [5.74, 6) is -3.75. The highest BCUT2D eigenvalue weighted by atomic mass is 19.2. The third kappa shape index (κ3) is 3.47. The molecule has 0 aromatic heterocycles. The Hall–Kier alpha value is -2.51. The van der Waals surface area contributed by atoms with Gasteiger partial charge in [0.05, 0.1) is 0 Å². The van der Waals surface area contributed by atoms with Gasteiger partial charge in [-0.25, -0.2) is 13.6 Å². The predicted octanol–water partition coefficient (Wildman–Crippen LogP) is 1.58. The van der Waals surface area contributed by atoms with E-state index in [1.807, 2.05) is 0 Å². The molecule has 0 bridgehead atoms. The van der Waals surface area contributed by atoms with Gasteiger partial charge in [0, 0.05) is 31.0 Å². The number of benzene rings is 1. The maximum absolute atomic E-state index is 13.8. The number of likely N-dealkylation sites (tertiary alicyclic amines) is 1. The van der Waals surface area contributed by atoms with Crippen LogP contribution in [0.2, 0.25) is 0 Å². The molecule has 2 amide bonds. The Morgan fingerprint density at radius 1 is 1.32 bits per heavy atom. The van der Waals surface area contributed by atoms with E-state index in [0.29, 0.717) is 19.3 Å². The van der Waals surface area contributed by atoms with E-state index in [9.17, 15) is 23.2 Å². The van der Waals surface area contributed by atoms with Crippen LogP contribution < -0.4 is 5.32 Å². The van der Waals surface area contributed by atoms with Gasteiger partial charge in [-0.2, -0.15) is 0 Å². The van der Waals surface area contributed by atoms with Gasteiger partial charge in [-0.15, -0.1) is 0 Å². The number of carboxylic acid groups (broad SMARTS) is 1. The molecular formula is C17H18F2N2O4. The first-order valence-corrected chi connectivity index (χ1v) is 8.09. The Bertz CT molecular complexity index is 733. The Morgan fingerprint density at radius 3 is 2.68 bits per heavy atom. The van der Waals surface area contributed by atoms with Crippen molar-refractivity contribution in [3.63, 3.8) is 0 Å². The molecule has 6 nitrogen and oxygen atoms in total. The SMILES string of the molecule is O=C(C[C@@H]1CCC(=O)N1Cc1cccc(F)c1F)NC1(C(=O)O)CC1. The van der Waals surface area contributed by atoms with Crippen molar-refractivity contribution in [1.29, 1.82) is 0 Å². The van der Waals surface area contributed by atoms with Gasteiger partial charge >= 0.3 is 5.97 Å². The number of carbonyl (C=O) groups is 3. The first kappa shape index (κ1) is 17.3. The molecule has 1 saturated heterocycles. The molecule has 1 heterocycles. The van der Waals surface area contributed by atoms with Crippen molar-refractivity contribution in [3.05, 3.63) is 35.4 Å². The maximum Gasteiger partial charge on any atom is 0.329 e. The van der Waals surface area contributed by atoms with E-state index in [-0.39, 0.29) is 30.9 Å². The van der Waals surface area contributed by atoms with Crippen molar-refractivity contribution in [2.24, 2.45) is 0 Å². The standard InChI is InChI=1S/C17H18F2N2O4/c18-12-3-1-2-10(15(12)19)9-21-11(4-5-14(21)23)8-13(22)20-17(6-7-17)16(24)25/h1-3,11H,4-9H2,(H,20,22)(H,24,25)/t11-/m0/s1. The Labute approximate surface area is 142 Å². The highest BCUT2D eigenvalue weighted by Crippen LogP contribution is 2.36. The number of nitrogens with one attached hydrogen (secondary N) is 1. The zero-order valence-electron chi connectivity index (χ0n) is 13.4. The molecule has 25 heavy (non-hydrogen) atoms. The van der Waals surface area contributed by atoms with Crippen molar-refractivity contribution < 1.29 is 28.3 Å². The van der Waals surface area contributed by atoms with Crippen molar-refractivity contribution >= 4 is 17.8 Å². The van der Waals surface area contributed by atoms with Crippen molar-refractivity contribution in [2.75, 3.05) is 0 Å². The minimum absolute atomic E-state index is 0.0462. The third-order valence-electron chi connectivity index (χ3n) is 4.78.